The minimum Gasteiger partial charge on any atom is -0.440 e. The molecule has 3 rings (SSSR count). The van der Waals surface area contributed by atoms with Crippen molar-refractivity contribution in [1.82, 2.24) is 10.3 Å². The molecule has 0 aliphatic carbocycles. The summed E-state index contributed by atoms with van der Waals surface area (Å²) in [5, 5.41) is 5.40. The summed E-state index contributed by atoms with van der Waals surface area (Å²) in [5.41, 5.74) is 1.41. The number of rotatable bonds is 5. The van der Waals surface area contributed by atoms with Crippen molar-refractivity contribution in [3.8, 4) is 10.8 Å². The van der Waals surface area contributed by atoms with Gasteiger partial charge < -0.3 is 9.73 Å². The fraction of sp³-hybridized carbons (Fsp3) is 0.176. The van der Waals surface area contributed by atoms with Crippen molar-refractivity contribution in [3.63, 3.8) is 0 Å². The Kier molecular flexibility index (Phi) is 4.79. The second-order valence-electron chi connectivity index (χ2n) is 5.02. The average Bonchev–Trinajstić information content (AvgIpc) is 3.17. The predicted molar refractivity (Wildman–Crippen MR) is 92.0 cm³/mol. The molecule has 4 nitrogen and oxygen atoms in total. The third kappa shape index (κ3) is 3.81. The van der Waals surface area contributed by atoms with Crippen molar-refractivity contribution in [2.45, 2.75) is 13.3 Å². The Balaban J connectivity index is 1.60. The van der Waals surface area contributed by atoms with Gasteiger partial charge in [-0.2, -0.15) is 0 Å². The molecule has 0 spiro atoms. The molecule has 1 amide bonds. The smallest absolute Gasteiger partial charge is 0.251 e. The van der Waals surface area contributed by atoms with E-state index in [0.717, 1.165) is 16.3 Å². The van der Waals surface area contributed by atoms with Crippen molar-refractivity contribution in [2.75, 3.05) is 6.54 Å². The van der Waals surface area contributed by atoms with Gasteiger partial charge in [-0.1, -0.05) is 23.7 Å². The summed E-state index contributed by atoms with van der Waals surface area (Å²) in [7, 11) is 0. The van der Waals surface area contributed by atoms with Gasteiger partial charge in [0.1, 0.15) is 5.76 Å². The molecular formula is C17H15ClN2O2S. The molecule has 6 heteroatoms. The number of carbonyl (C=O) groups excluding carboxylic acids is 1. The second kappa shape index (κ2) is 6.98. The molecule has 0 atom stereocenters. The molecule has 0 aliphatic heterocycles. The highest BCUT2D eigenvalue weighted by molar-refractivity contribution is 7.13. The zero-order valence-electron chi connectivity index (χ0n) is 12.5. The summed E-state index contributed by atoms with van der Waals surface area (Å²) in [6.45, 7) is 2.38. The van der Waals surface area contributed by atoms with Crippen LogP contribution in [0.2, 0.25) is 5.02 Å². The summed E-state index contributed by atoms with van der Waals surface area (Å²) in [6, 6.07) is 10.8. The first kappa shape index (κ1) is 15.8. The summed E-state index contributed by atoms with van der Waals surface area (Å²) in [4.78, 5) is 17.6. The number of oxazole rings is 1. The topological polar surface area (TPSA) is 55.1 Å². The normalized spacial score (nSPS) is 10.7. The van der Waals surface area contributed by atoms with Gasteiger partial charge in [0.15, 0.2) is 0 Å². The quantitative estimate of drug-likeness (QED) is 0.747. The maximum absolute atomic E-state index is 12.1. The number of aryl methyl sites for hydroxylation is 1. The summed E-state index contributed by atoms with van der Waals surface area (Å²) in [5.74, 6) is 1.27. The second-order valence-corrected chi connectivity index (χ2v) is 6.40. The zero-order valence-corrected chi connectivity index (χ0v) is 14.1. The maximum atomic E-state index is 12.1. The number of amides is 1. The van der Waals surface area contributed by atoms with Crippen molar-refractivity contribution in [3.05, 3.63) is 63.8 Å². The Morgan fingerprint density at radius 3 is 2.96 bits per heavy atom. The molecule has 1 aromatic carbocycles. The highest BCUT2D eigenvalue weighted by atomic mass is 35.5. The van der Waals surface area contributed by atoms with Crippen LogP contribution < -0.4 is 5.32 Å². The lowest BCUT2D eigenvalue weighted by Crippen LogP contribution is -2.25. The number of hydrogen-bond donors (Lipinski definition) is 1. The number of nitrogens with one attached hydrogen (secondary N) is 1. The van der Waals surface area contributed by atoms with Gasteiger partial charge in [0.05, 0.1) is 10.6 Å². The molecular weight excluding hydrogens is 332 g/mol. The fourth-order valence-electron chi connectivity index (χ4n) is 2.19. The van der Waals surface area contributed by atoms with E-state index in [9.17, 15) is 4.79 Å². The van der Waals surface area contributed by atoms with Crippen LogP contribution in [0.5, 0.6) is 0 Å². The molecule has 0 aliphatic rings. The Morgan fingerprint density at radius 2 is 2.22 bits per heavy atom. The number of carbonyl (C=O) groups is 1. The average molecular weight is 347 g/mol. The Bertz CT molecular complexity index is 812. The molecule has 0 saturated heterocycles. The Hall–Kier alpha value is -2.11. The molecule has 23 heavy (non-hydrogen) atoms. The third-order valence-electron chi connectivity index (χ3n) is 3.36. The number of aromatic nitrogens is 1. The van der Waals surface area contributed by atoms with Crippen LogP contribution in [0.1, 0.15) is 21.8 Å². The van der Waals surface area contributed by atoms with Crippen LogP contribution in [-0.2, 0) is 6.42 Å². The van der Waals surface area contributed by atoms with Crippen LogP contribution in [0.15, 0.2) is 46.2 Å². The highest BCUT2D eigenvalue weighted by Gasteiger charge is 2.12. The van der Waals surface area contributed by atoms with E-state index < -0.39 is 0 Å². The number of nitrogens with zero attached hydrogens (tertiary/aromatic N) is 1. The lowest BCUT2D eigenvalue weighted by Gasteiger charge is -2.04. The van der Waals surface area contributed by atoms with Gasteiger partial charge >= 0.3 is 0 Å². The number of hydrogen-bond acceptors (Lipinski definition) is 4. The van der Waals surface area contributed by atoms with E-state index in [1.807, 2.05) is 24.4 Å². The number of benzene rings is 1. The van der Waals surface area contributed by atoms with Gasteiger partial charge in [-0.25, -0.2) is 4.98 Å². The van der Waals surface area contributed by atoms with Crippen molar-refractivity contribution >= 4 is 28.8 Å². The first-order valence-corrected chi connectivity index (χ1v) is 8.43. The van der Waals surface area contributed by atoms with E-state index in [4.69, 9.17) is 16.0 Å². The predicted octanol–water partition coefficient (Wildman–Crippen LogP) is 4.34. The molecule has 0 saturated carbocycles. The van der Waals surface area contributed by atoms with Crippen LogP contribution in [0.3, 0.4) is 0 Å². The van der Waals surface area contributed by atoms with E-state index in [1.54, 1.807) is 35.6 Å². The van der Waals surface area contributed by atoms with Crippen LogP contribution in [0.4, 0.5) is 0 Å². The van der Waals surface area contributed by atoms with E-state index in [1.165, 1.54) is 0 Å². The molecule has 0 unspecified atom stereocenters. The standard InChI is InChI=1S/C17H15ClN2O2S/c1-11-14(20-17(22-11)15-6-3-9-23-15)7-8-19-16(21)12-4-2-5-13(18)10-12/h2-6,9-10H,7-8H2,1H3,(H,19,21). The van der Waals surface area contributed by atoms with Gasteiger partial charge in [0.25, 0.3) is 5.91 Å². The molecule has 2 aromatic heterocycles. The number of thiophene rings is 1. The van der Waals surface area contributed by atoms with Gasteiger partial charge in [0, 0.05) is 23.6 Å². The molecule has 2 heterocycles. The van der Waals surface area contributed by atoms with Gasteiger partial charge in [-0.15, -0.1) is 11.3 Å². The minimum atomic E-state index is -0.146. The number of halogens is 1. The van der Waals surface area contributed by atoms with Crippen LogP contribution >= 0.6 is 22.9 Å². The Morgan fingerprint density at radius 1 is 1.35 bits per heavy atom. The zero-order chi connectivity index (χ0) is 16.2. The molecule has 0 radical (unpaired) electrons. The van der Waals surface area contributed by atoms with Gasteiger partial charge in [0.2, 0.25) is 5.89 Å². The molecule has 3 aromatic rings. The summed E-state index contributed by atoms with van der Waals surface area (Å²) < 4.78 is 5.69. The lowest BCUT2D eigenvalue weighted by molar-refractivity contribution is 0.0954. The Labute approximate surface area is 143 Å². The fourth-order valence-corrected chi connectivity index (χ4v) is 3.03. The van der Waals surface area contributed by atoms with Crippen LogP contribution in [0, 0.1) is 6.92 Å². The van der Waals surface area contributed by atoms with Crippen LogP contribution in [0.25, 0.3) is 10.8 Å². The minimum absolute atomic E-state index is 0.146. The largest absolute Gasteiger partial charge is 0.440 e. The van der Waals surface area contributed by atoms with Gasteiger partial charge in [-0.05, 0) is 36.6 Å². The summed E-state index contributed by atoms with van der Waals surface area (Å²) >= 11 is 7.48. The molecule has 0 fully saturated rings. The summed E-state index contributed by atoms with van der Waals surface area (Å²) in [6.07, 6.45) is 0.618. The van der Waals surface area contributed by atoms with Crippen molar-refractivity contribution in [1.29, 1.82) is 0 Å². The monoisotopic (exact) mass is 346 g/mol. The van der Waals surface area contributed by atoms with E-state index in [2.05, 4.69) is 10.3 Å². The maximum Gasteiger partial charge on any atom is 0.251 e. The first-order valence-electron chi connectivity index (χ1n) is 7.17. The first-order chi connectivity index (χ1) is 11.1. The molecule has 1 N–H and O–H groups in total. The van der Waals surface area contributed by atoms with E-state index in [0.29, 0.717) is 29.4 Å². The SMILES string of the molecule is Cc1oc(-c2cccs2)nc1CCNC(=O)c1cccc(Cl)c1. The van der Waals surface area contributed by atoms with Crippen molar-refractivity contribution in [2.24, 2.45) is 0 Å². The van der Waals surface area contributed by atoms with Gasteiger partial charge in [-0.3, -0.25) is 4.79 Å². The lowest BCUT2D eigenvalue weighted by atomic mass is 10.2. The molecule has 0 bridgehead atoms. The highest BCUT2D eigenvalue weighted by Crippen LogP contribution is 2.25. The van der Waals surface area contributed by atoms with Crippen LogP contribution in [-0.4, -0.2) is 17.4 Å². The van der Waals surface area contributed by atoms with Crippen molar-refractivity contribution < 1.29 is 9.21 Å². The third-order valence-corrected chi connectivity index (χ3v) is 4.45. The molecule has 118 valence electrons. The van der Waals surface area contributed by atoms with E-state index >= 15 is 0 Å². The van der Waals surface area contributed by atoms with E-state index in [-0.39, 0.29) is 5.91 Å².